The summed E-state index contributed by atoms with van der Waals surface area (Å²) in [5.41, 5.74) is 9.90. The molecule has 5 rings (SSSR count). The molecule has 0 fully saturated rings. The second-order valence-electron chi connectivity index (χ2n) is 6.74. The van der Waals surface area contributed by atoms with E-state index < -0.39 is 0 Å². The number of aryl methyl sites for hydroxylation is 2. The minimum atomic E-state index is 0.476. The number of benzene rings is 3. The molecule has 0 spiro atoms. The number of fused-ring (bicyclic) bond motifs is 6. The summed E-state index contributed by atoms with van der Waals surface area (Å²) in [7, 11) is 2.18. The van der Waals surface area contributed by atoms with Gasteiger partial charge in [0.1, 0.15) is 0 Å². The van der Waals surface area contributed by atoms with Crippen LogP contribution < -0.4 is 0 Å². The highest BCUT2D eigenvalue weighted by Crippen LogP contribution is 2.49. The molecule has 1 atom stereocenters. The van der Waals surface area contributed by atoms with E-state index >= 15 is 0 Å². The Morgan fingerprint density at radius 3 is 2.48 bits per heavy atom. The zero-order chi connectivity index (χ0) is 15.7. The summed E-state index contributed by atoms with van der Waals surface area (Å²) in [6.07, 6.45) is 0. The van der Waals surface area contributed by atoms with E-state index in [1.54, 1.807) is 0 Å². The molecular weight excluding hydrogens is 278 g/mol. The van der Waals surface area contributed by atoms with Crippen LogP contribution in [-0.4, -0.2) is 4.57 Å². The summed E-state index contributed by atoms with van der Waals surface area (Å²) >= 11 is 0. The van der Waals surface area contributed by atoms with Gasteiger partial charge < -0.3 is 4.57 Å². The summed E-state index contributed by atoms with van der Waals surface area (Å²) in [6, 6.07) is 20.0. The summed E-state index contributed by atoms with van der Waals surface area (Å²) in [5, 5.41) is 2.79. The van der Waals surface area contributed by atoms with Crippen molar-refractivity contribution in [2.24, 2.45) is 7.05 Å². The van der Waals surface area contributed by atoms with Gasteiger partial charge in [-0.1, -0.05) is 49.4 Å². The van der Waals surface area contributed by atoms with Gasteiger partial charge >= 0.3 is 0 Å². The number of para-hydroxylation sites is 1. The van der Waals surface area contributed by atoms with Gasteiger partial charge in [-0.3, -0.25) is 0 Å². The predicted octanol–water partition coefficient (Wildman–Crippen LogP) is 5.77. The molecule has 1 unspecified atom stereocenters. The third-order valence-corrected chi connectivity index (χ3v) is 5.65. The molecule has 0 bridgehead atoms. The van der Waals surface area contributed by atoms with Crippen molar-refractivity contribution in [3.8, 4) is 11.1 Å². The fourth-order valence-corrected chi connectivity index (χ4v) is 4.58. The SMILES string of the molecule is Cc1c2c(cc3c1c1ccccc1n3C)-c1ccccc1C2C. The van der Waals surface area contributed by atoms with E-state index in [0.29, 0.717) is 5.92 Å². The largest absolute Gasteiger partial charge is 0.344 e. The third-order valence-electron chi connectivity index (χ3n) is 5.65. The van der Waals surface area contributed by atoms with E-state index in [1.165, 1.54) is 49.6 Å². The van der Waals surface area contributed by atoms with E-state index in [4.69, 9.17) is 0 Å². The second-order valence-corrected chi connectivity index (χ2v) is 6.74. The molecule has 0 aliphatic heterocycles. The molecule has 0 N–H and O–H groups in total. The molecular formula is C22H19N. The van der Waals surface area contributed by atoms with Gasteiger partial charge in [0.25, 0.3) is 0 Å². The predicted molar refractivity (Wildman–Crippen MR) is 98.1 cm³/mol. The fraction of sp³-hybridized carbons (Fsp3) is 0.182. The molecule has 0 saturated heterocycles. The van der Waals surface area contributed by atoms with Crippen LogP contribution in [0.3, 0.4) is 0 Å². The highest BCUT2D eigenvalue weighted by molar-refractivity contribution is 6.12. The van der Waals surface area contributed by atoms with Gasteiger partial charge in [0.15, 0.2) is 0 Å². The Hall–Kier alpha value is -2.54. The van der Waals surface area contributed by atoms with Crippen LogP contribution in [0.4, 0.5) is 0 Å². The number of hydrogen-bond donors (Lipinski definition) is 0. The Bertz CT molecular complexity index is 1100. The average Bonchev–Trinajstić information content (AvgIpc) is 3.03. The average molecular weight is 297 g/mol. The van der Waals surface area contributed by atoms with E-state index in [-0.39, 0.29) is 0 Å². The molecule has 1 nitrogen and oxygen atoms in total. The van der Waals surface area contributed by atoms with E-state index in [1.807, 2.05) is 0 Å². The van der Waals surface area contributed by atoms with Crippen LogP contribution in [0.15, 0.2) is 54.6 Å². The van der Waals surface area contributed by atoms with E-state index in [2.05, 4.69) is 80.1 Å². The van der Waals surface area contributed by atoms with Crippen LogP contribution in [0.1, 0.15) is 29.5 Å². The van der Waals surface area contributed by atoms with Gasteiger partial charge in [0.05, 0.1) is 0 Å². The Morgan fingerprint density at radius 1 is 0.870 bits per heavy atom. The molecule has 0 amide bonds. The smallest absolute Gasteiger partial charge is 0.0497 e. The number of rotatable bonds is 0. The minimum absolute atomic E-state index is 0.476. The monoisotopic (exact) mass is 297 g/mol. The van der Waals surface area contributed by atoms with Crippen molar-refractivity contribution in [3.05, 3.63) is 71.3 Å². The molecule has 0 radical (unpaired) electrons. The summed E-state index contributed by atoms with van der Waals surface area (Å²) in [4.78, 5) is 0. The van der Waals surface area contributed by atoms with Gasteiger partial charge in [-0.25, -0.2) is 0 Å². The van der Waals surface area contributed by atoms with Crippen molar-refractivity contribution < 1.29 is 0 Å². The van der Waals surface area contributed by atoms with E-state index in [0.717, 1.165) is 0 Å². The first-order chi connectivity index (χ1) is 11.2. The molecule has 4 aromatic rings. The Morgan fingerprint density at radius 2 is 1.61 bits per heavy atom. The first-order valence-electron chi connectivity index (χ1n) is 8.28. The molecule has 1 heteroatoms. The lowest BCUT2D eigenvalue weighted by molar-refractivity contribution is 0.946. The quantitative estimate of drug-likeness (QED) is 0.388. The number of aromatic nitrogens is 1. The zero-order valence-corrected chi connectivity index (χ0v) is 13.7. The van der Waals surface area contributed by atoms with Crippen LogP contribution in [0.25, 0.3) is 32.9 Å². The lowest BCUT2D eigenvalue weighted by Gasteiger charge is -2.12. The molecule has 1 aromatic heterocycles. The summed E-state index contributed by atoms with van der Waals surface area (Å²) in [5.74, 6) is 0.476. The number of hydrogen-bond acceptors (Lipinski definition) is 0. The van der Waals surface area contributed by atoms with E-state index in [9.17, 15) is 0 Å². The standard InChI is InChI=1S/C22H19N/c1-13-15-8-4-5-9-16(15)18-12-20-22(14(2)21(13)18)17-10-6-7-11-19(17)23(20)3/h4-13H,1-3H3. The maximum Gasteiger partial charge on any atom is 0.0497 e. The fourth-order valence-electron chi connectivity index (χ4n) is 4.58. The van der Waals surface area contributed by atoms with Crippen molar-refractivity contribution in [3.63, 3.8) is 0 Å². The molecule has 112 valence electrons. The highest BCUT2D eigenvalue weighted by atomic mass is 14.9. The summed E-state index contributed by atoms with van der Waals surface area (Å²) in [6.45, 7) is 4.64. The van der Waals surface area contributed by atoms with Gasteiger partial charge in [-0.05, 0) is 46.9 Å². The van der Waals surface area contributed by atoms with Crippen LogP contribution in [0.2, 0.25) is 0 Å². The molecule has 3 aromatic carbocycles. The normalized spacial score (nSPS) is 16.0. The van der Waals surface area contributed by atoms with Crippen LogP contribution >= 0.6 is 0 Å². The van der Waals surface area contributed by atoms with Crippen molar-refractivity contribution in [1.82, 2.24) is 4.57 Å². The van der Waals surface area contributed by atoms with Crippen molar-refractivity contribution in [1.29, 1.82) is 0 Å². The first kappa shape index (κ1) is 13.0. The van der Waals surface area contributed by atoms with Gasteiger partial charge in [0.2, 0.25) is 0 Å². The highest BCUT2D eigenvalue weighted by Gasteiger charge is 2.28. The van der Waals surface area contributed by atoms with Crippen molar-refractivity contribution >= 4 is 21.8 Å². The molecule has 0 saturated carbocycles. The summed E-state index contributed by atoms with van der Waals surface area (Å²) < 4.78 is 2.34. The van der Waals surface area contributed by atoms with Gasteiger partial charge in [-0.2, -0.15) is 0 Å². The topological polar surface area (TPSA) is 4.93 Å². The van der Waals surface area contributed by atoms with Crippen LogP contribution in [0, 0.1) is 6.92 Å². The van der Waals surface area contributed by atoms with Crippen LogP contribution in [0.5, 0.6) is 0 Å². The maximum absolute atomic E-state index is 2.40. The zero-order valence-electron chi connectivity index (χ0n) is 13.7. The molecule has 1 heterocycles. The van der Waals surface area contributed by atoms with Crippen LogP contribution in [-0.2, 0) is 7.05 Å². The van der Waals surface area contributed by atoms with Crippen molar-refractivity contribution in [2.45, 2.75) is 19.8 Å². The third kappa shape index (κ3) is 1.47. The molecule has 1 aliphatic rings. The van der Waals surface area contributed by atoms with Gasteiger partial charge in [0, 0.05) is 34.8 Å². The Balaban J connectivity index is 2.01. The first-order valence-corrected chi connectivity index (χ1v) is 8.28. The maximum atomic E-state index is 2.40. The lowest BCUT2D eigenvalue weighted by atomic mass is 9.92. The Labute approximate surface area is 136 Å². The Kier molecular flexibility index (Phi) is 2.40. The second kappa shape index (κ2) is 4.26. The lowest BCUT2D eigenvalue weighted by Crippen LogP contribution is -1.94. The van der Waals surface area contributed by atoms with Crippen molar-refractivity contribution in [2.75, 3.05) is 0 Å². The molecule has 1 aliphatic carbocycles. The minimum Gasteiger partial charge on any atom is -0.344 e. The number of nitrogens with zero attached hydrogens (tertiary/aromatic N) is 1. The van der Waals surface area contributed by atoms with Gasteiger partial charge in [-0.15, -0.1) is 0 Å². The molecule has 23 heavy (non-hydrogen) atoms.